The standard InChI is InChI=1S/C22H23NO6/c1-14-8-20(15(2)23(14)12-17-6-5-7-28-17)21(24)13-29-22(25)16-9-18(26-3)11-19(10-16)27-4/h5-11H,12-13H2,1-4H3. The molecule has 2 heterocycles. The van der Waals surface area contributed by atoms with E-state index in [4.69, 9.17) is 18.6 Å². The van der Waals surface area contributed by atoms with Crippen molar-refractivity contribution in [2.45, 2.75) is 20.4 Å². The molecule has 0 saturated heterocycles. The van der Waals surface area contributed by atoms with Gasteiger partial charge in [-0.1, -0.05) is 0 Å². The lowest BCUT2D eigenvalue weighted by atomic mass is 10.1. The third-order valence-electron chi connectivity index (χ3n) is 4.69. The fraction of sp³-hybridized carbons (Fsp3) is 0.273. The average Bonchev–Trinajstić information content (AvgIpc) is 3.35. The highest BCUT2D eigenvalue weighted by atomic mass is 16.5. The van der Waals surface area contributed by atoms with Crippen LogP contribution in [0.25, 0.3) is 0 Å². The molecule has 2 aromatic heterocycles. The van der Waals surface area contributed by atoms with Crippen molar-refractivity contribution in [1.29, 1.82) is 0 Å². The zero-order chi connectivity index (χ0) is 21.0. The summed E-state index contributed by atoms with van der Waals surface area (Å²) in [4.78, 5) is 25.0. The van der Waals surface area contributed by atoms with E-state index in [-0.39, 0.29) is 18.0 Å². The lowest BCUT2D eigenvalue weighted by Gasteiger charge is -2.09. The number of nitrogens with zero attached hydrogens (tertiary/aromatic N) is 1. The monoisotopic (exact) mass is 397 g/mol. The number of hydrogen-bond donors (Lipinski definition) is 0. The molecule has 3 rings (SSSR count). The van der Waals surface area contributed by atoms with Crippen LogP contribution in [0.3, 0.4) is 0 Å². The van der Waals surface area contributed by atoms with Crippen LogP contribution < -0.4 is 9.47 Å². The molecule has 0 aliphatic rings. The van der Waals surface area contributed by atoms with Crippen LogP contribution in [0.1, 0.15) is 37.9 Å². The summed E-state index contributed by atoms with van der Waals surface area (Å²) in [7, 11) is 2.98. The molecule has 29 heavy (non-hydrogen) atoms. The van der Waals surface area contributed by atoms with E-state index in [1.165, 1.54) is 26.4 Å². The van der Waals surface area contributed by atoms with Gasteiger partial charge in [-0.2, -0.15) is 0 Å². The summed E-state index contributed by atoms with van der Waals surface area (Å²) >= 11 is 0. The van der Waals surface area contributed by atoms with Gasteiger partial charge < -0.3 is 23.2 Å². The molecule has 7 nitrogen and oxygen atoms in total. The normalized spacial score (nSPS) is 10.6. The Bertz CT molecular complexity index is 994. The van der Waals surface area contributed by atoms with Gasteiger partial charge in [-0.15, -0.1) is 0 Å². The number of Topliss-reactive ketones (excluding diaryl/α,β-unsaturated/α-hetero) is 1. The van der Waals surface area contributed by atoms with E-state index in [9.17, 15) is 9.59 Å². The number of ketones is 1. The molecular formula is C22H23NO6. The second kappa shape index (κ2) is 8.68. The molecule has 3 aromatic rings. The summed E-state index contributed by atoms with van der Waals surface area (Å²) in [6.45, 7) is 3.95. The van der Waals surface area contributed by atoms with E-state index in [2.05, 4.69) is 0 Å². The Balaban J connectivity index is 1.70. The van der Waals surface area contributed by atoms with Gasteiger partial charge in [0.15, 0.2) is 6.61 Å². The maximum atomic E-state index is 12.7. The van der Waals surface area contributed by atoms with Gasteiger partial charge >= 0.3 is 5.97 Å². The number of ether oxygens (including phenoxy) is 3. The number of furan rings is 1. The molecule has 7 heteroatoms. The number of aryl methyl sites for hydroxylation is 1. The van der Waals surface area contributed by atoms with Gasteiger partial charge in [0.25, 0.3) is 0 Å². The van der Waals surface area contributed by atoms with Crippen molar-refractivity contribution in [1.82, 2.24) is 4.57 Å². The van der Waals surface area contributed by atoms with E-state index in [1.54, 1.807) is 18.4 Å². The van der Waals surface area contributed by atoms with E-state index in [1.807, 2.05) is 30.5 Å². The number of aromatic nitrogens is 1. The van der Waals surface area contributed by atoms with Crippen LogP contribution in [0.2, 0.25) is 0 Å². The fourth-order valence-corrected chi connectivity index (χ4v) is 3.10. The smallest absolute Gasteiger partial charge is 0.338 e. The molecule has 152 valence electrons. The van der Waals surface area contributed by atoms with Crippen LogP contribution in [-0.2, 0) is 11.3 Å². The Kier molecular flexibility index (Phi) is 6.07. The zero-order valence-electron chi connectivity index (χ0n) is 16.9. The van der Waals surface area contributed by atoms with Crippen LogP contribution in [0.5, 0.6) is 11.5 Å². The van der Waals surface area contributed by atoms with Crippen molar-refractivity contribution in [2.75, 3.05) is 20.8 Å². The molecule has 0 unspecified atom stereocenters. The highest BCUT2D eigenvalue weighted by molar-refractivity contribution is 6.00. The summed E-state index contributed by atoms with van der Waals surface area (Å²) in [5.74, 6) is 0.823. The van der Waals surface area contributed by atoms with E-state index < -0.39 is 5.97 Å². The van der Waals surface area contributed by atoms with Crippen LogP contribution in [0.4, 0.5) is 0 Å². The van der Waals surface area contributed by atoms with Crippen LogP contribution in [0.15, 0.2) is 47.1 Å². The second-order valence-electron chi connectivity index (χ2n) is 6.55. The summed E-state index contributed by atoms with van der Waals surface area (Å²) in [5, 5.41) is 0. The first-order chi connectivity index (χ1) is 13.9. The Morgan fingerprint density at radius 1 is 1.03 bits per heavy atom. The lowest BCUT2D eigenvalue weighted by molar-refractivity contribution is 0.0474. The Hall–Kier alpha value is -3.48. The molecular weight excluding hydrogens is 374 g/mol. The van der Waals surface area contributed by atoms with Crippen molar-refractivity contribution in [3.8, 4) is 11.5 Å². The predicted molar refractivity (Wildman–Crippen MR) is 106 cm³/mol. The molecule has 0 amide bonds. The van der Waals surface area contributed by atoms with Gasteiger partial charge in [0, 0.05) is 23.0 Å². The van der Waals surface area contributed by atoms with Gasteiger partial charge in [0.1, 0.15) is 17.3 Å². The van der Waals surface area contributed by atoms with Gasteiger partial charge in [-0.05, 0) is 44.2 Å². The summed E-state index contributed by atoms with van der Waals surface area (Å²) in [5.41, 5.74) is 2.48. The molecule has 0 bridgehead atoms. The summed E-state index contributed by atoms with van der Waals surface area (Å²) < 4.78 is 22.9. The number of hydrogen-bond acceptors (Lipinski definition) is 6. The molecule has 0 fully saturated rings. The molecule has 0 saturated carbocycles. The maximum absolute atomic E-state index is 12.7. The van der Waals surface area contributed by atoms with E-state index >= 15 is 0 Å². The van der Waals surface area contributed by atoms with Crippen LogP contribution in [0, 0.1) is 13.8 Å². The van der Waals surface area contributed by atoms with Crippen molar-refractivity contribution < 1.29 is 28.2 Å². The van der Waals surface area contributed by atoms with E-state index in [0.29, 0.717) is 23.6 Å². The first-order valence-corrected chi connectivity index (χ1v) is 9.05. The molecule has 1 aromatic carbocycles. The molecule has 0 N–H and O–H groups in total. The number of methoxy groups -OCH3 is 2. The maximum Gasteiger partial charge on any atom is 0.338 e. The van der Waals surface area contributed by atoms with Crippen molar-refractivity contribution in [2.24, 2.45) is 0 Å². The minimum absolute atomic E-state index is 0.247. The highest BCUT2D eigenvalue weighted by Crippen LogP contribution is 2.23. The molecule has 0 aliphatic carbocycles. The Labute approximate surface area is 168 Å². The number of carbonyl (C=O) groups is 2. The van der Waals surface area contributed by atoms with E-state index in [0.717, 1.165) is 17.1 Å². The highest BCUT2D eigenvalue weighted by Gasteiger charge is 2.19. The summed E-state index contributed by atoms with van der Waals surface area (Å²) in [6, 6.07) is 10.2. The first-order valence-electron chi connectivity index (χ1n) is 9.05. The Morgan fingerprint density at radius 2 is 1.72 bits per heavy atom. The number of esters is 1. The van der Waals surface area contributed by atoms with Crippen molar-refractivity contribution in [3.63, 3.8) is 0 Å². The second-order valence-corrected chi connectivity index (χ2v) is 6.55. The molecule has 0 atom stereocenters. The first kappa shape index (κ1) is 20.3. The number of benzene rings is 1. The molecule has 0 radical (unpaired) electrons. The molecule has 0 spiro atoms. The van der Waals surface area contributed by atoms with Gasteiger partial charge in [-0.3, -0.25) is 4.79 Å². The minimum Gasteiger partial charge on any atom is -0.497 e. The predicted octanol–water partition coefficient (Wildman–Crippen LogP) is 3.80. The third-order valence-corrected chi connectivity index (χ3v) is 4.69. The number of carbonyl (C=O) groups excluding carboxylic acids is 2. The van der Waals surface area contributed by atoms with Gasteiger partial charge in [0.2, 0.25) is 5.78 Å². The van der Waals surface area contributed by atoms with Crippen molar-refractivity contribution in [3.05, 3.63) is 70.9 Å². The van der Waals surface area contributed by atoms with Gasteiger partial charge in [0.05, 0.1) is 32.6 Å². The number of rotatable bonds is 8. The van der Waals surface area contributed by atoms with Crippen LogP contribution in [-0.4, -0.2) is 37.1 Å². The van der Waals surface area contributed by atoms with Crippen molar-refractivity contribution >= 4 is 11.8 Å². The van der Waals surface area contributed by atoms with Gasteiger partial charge in [-0.25, -0.2) is 4.79 Å². The zero-order valence-corrected chi connectivity index (χ0v) is 16.9. The average molecular weight is 397 g/mol. The lowest BCUT2D eigenvalue weighted by Crippen LogP contribution is -2.15. The quantitative estimate of drug-likeness (QED) is 0.425. The SMILES string of the molecule is COc1cc(OC)cc(C(=O)OCC(=O)c2cc(C)n(Cc3ccco3)c2C)c1. The molecule has 0 aliphatic heterocycles. The minimum atomic E-state index is -0.625. The summed E-state index contributed by atoms with van der Waals surface area (Å²) in [6.07, 6.45) is 1.61. The van der Waals surface area contributed by atoms with Crippen LogP contribution >= 0.6 is 0 Å². The Morgan fingerprint density at radius 3 is 2.31 bits per heavy atom. The largest absolute Gasteiger partial charge is 0.497 e. The third kappa shape index (κ3) is 4.51. The topological polar surface area (TPSA) is 79.9 Å². The fourth-order valence-electron chi connectivity index (χ4n) is 3.10.